The topological polar surface area (TPSA) is 6.48 Å². The van der Waals surface area contributed by atoms with Crippen LogP contribution in [0.3, 0.4) is 0 Å². The number of hydrogen-bond donors (Lipinski definition) is 0. The van der Waals surface area contributed by atoms with E-state index in [1.807, 2.05) is 0 Å². The van der Waals surface area contributed by atoms with Gasteiger partial charge >= 0.3 is 0 Å². The van der Waals surface area contributed by atoms with Crippen LogP contribution in [0, 0.1) is 6.92 Å². The molecule has 0 bridgehead atoms. The highest BCUT2D eigenvalue weighted by atomic mass is 79.9. The third kappa shape index (κ3) is 4.90. The summed E-state index contributed by atoms with van der Waals surface area (Å²) < 4.78 is 0. The maximum Gasteiger partial charge on any atom is 0.0941 e. The minimum Gasteiger partial charge on any atom is -0.358 e. The minimum atomic E-state index is 0. The first-order valence-corrected chi connectivity index (χ1v) is 7.05. The van der Waals surface area contributed by atoms with Gasteiger partial charge in [0, 0.05) is 24.6 Å². The van der Waals surface area contributed by atoms with Gasteiger partial charge in [0.2, 0.25) is 0 Å². The van der Waals surface area contributed by atoms with Crippen molar-refractivity contribution in [1.82, 2.24) is 4.90 Å². The summed E-state index contributed by atoms with van der Waals surface area (Å²) in [5.74, 6) is 0. The molecule has 0 aromatic heterocycles. The first kappa shape index (κ1) is 16.1. The SMILES string of the molecule is Br.CCCCCCN1C=CN(c2ccc(C)cc2)C1. The lowest BCUT2D eigenvalue weighted by Gasteiger charge is -2.21. The van der Waals surface area contributed by atoms with Crippen molar-refractivity contribution in [3.63, 3.8) is 0 Å². The summed E-state index contributed by atoms with van der Waals surface area (Å²) in [5.41, 5.74) is 2.60. The predicted molar refractivity (Wildman–Crippen MR) is 88.8 cm³/mol. The van der Waals surface area contributed by atoms with E-state index in [1.54, 1.807) is 0 Å². The van der Waals surface area contributed by atoms with Crippen LogP contribution in [0.15, 0.2) is 36.7 Å². The van der Waals surface area contributed by atoms with E-state index in [1.165, 1.54) is 43.5 Å². The molecule has 1 heterocycles. The van der Waals surface area contributed by atoms with Crippen molar-refractivity contribution in [2.45, 2.75) is 39.5 Å². The monoisotopic (exact) mass is 324 g/mol. The van der Waals surface area contributed by atoms with Crippen LogP contribution < -0.4 is 4.90 Å². The van der Waals surface area contributed by atoms with Crippen molar-refractivity contribution in [1.29, 1.82) is 0 Å². The van der Waals surface area contributed by atoms with Gasteiger partial charge in [-0.05, 0) is 25.5 Å². The number of hydrogen-bond acceptors (Lipinski definition) is 2. The van der Waals surface area contributed by atoms with Crippen molar-refractivity contribution >= 4 is 22.7 Å². The molecular formula is C16H25BrN2. The van der Waals surface area contributed by atoms with Gasteiger partial charge in [0.1, 0.15) is 0 Å². The number of aryl methyl sites for hydroxylation is 1. The standard InChI is InChI=1S/C16H24N2.BrH/c1-3-4-5-6-11-17-12-13-18(14-17)16-9-7-15(2)8-10-16;/h7-10,12-13H,3-6,11,14H2,1-2H3;1H. The molecule has 0 saturated carbocycles. The molecule has 0 N–H and O–H groups in total. The summed E-state index contributed by atoms with van der Waals surface area (Å²) >= 11 is 0. The molecule has 0 amide bonds. The summed E-state index contributed by atoms with van der Waals surface area (Å²) in [7, 11) is 0. The Morgan fingerprint density at radius 1 is 1.00 bits per heavy atom. The zero-order valence-corrected chi connectivity index (χ0v) is 13.7. The zero-order valence-electron chi connectivity index (χ0n) is 12.0. The summed E-state index contributed by atoms with van der Waals surface area (Å²) in [5, 5.41) is 0. The Labute approximate surface area is 127 Å². The van der Waals surface area contributed by atoms with Crippen LogP contribution in [0.1, 0.15) is 38.2 Å². The molecule has 2 nitrogen and oxygen atoms in total. The van der Waals surface area contributed by atoms with Crippen molar-refractivity contribution in [3.8, 4) is 0 Å². The second-order valence-electron chi connectivity index (χ2n) is 5.12. The fourth-order valence-corrected chi connectivity index (χ4v) is 2.26. The lowest BCUT2D eigenvalue weighted by Crippen LogP contribution is -2.25. The smallest absolute Gasteiger partial charge is 0.0941 e. The third-order valence-electron chi connectivity index (χ3n) is 3.46. The molecule has 0 unspecified atom stereocenters. The molecule has 3 heteroatoms. The third-order valence-corrected chi connectivity index (χ3v) is 3.46. The van der Waals surface area contributed by atoms with Crippen molar-refractivity contribution in [2.75, 3.05) is 18.1 Å². The van der Waals surface area contributed by atoms with E-state index >= 15 is 0 Å². The molecule has 19 heavy (non-hydrogen) atoms. The molecule has 0 fully saturated rings. The lowest BCUT2D eigenvalue weighted by atomic mass is 10.2. The highest BCUT2D eigenvalue weighted by Gasteiger charge is 2.12. The number of unbranched alkanes of at least 4 members (excludes halogenated alkanes) is 3. The largest absolute Gasteiger partial charge is 0.358 e. The van der Waals surface area contributed by atoms with Gasteiger partial charge in [-0.2, -0.15) is 0 Å². The maximum absolute atomic E-state index is 2.40. The number of benzene rings is 1. The molecule has 0 aliphatic carbocycles. The van der Waals surface area contributed by atoms with Gasteiger partial charge in [-0.1, -0.05) is 43.9 Å². The Balaban J connectivity index is 0.00000180. The Morgan fingerprint density at radius 2 is 1.74 bits per heavy atom. The molecule has 2 rings (SSSR count). The quantitative estimate of drug-likeness (QED) is 0.699. The summed E-state index contributed by atoms with van der Waals surface area (Å²) in [6, 6.07) is 8.74. The van der Waals surface area contributed by atoms with Gasteiger partial charge in [0.25, 0.3) is 0 Å². The van der Waals surface area contributed by atoms with Crippen LogP contribution >= 0.6 is 17.0 Å². The van der Waals surface area contributed by atoms with E-state index in [2.05, 4.69) is 60.3 Å². The van der Waals surface area contributed by atoms with Gasteiger partial charge in [0.05, 0.1) is 6.67 Å². The molecule has 0 saturated heterocycles. The Morgan fingerprint density at radius 3 is 2.42 bits per heavy atom. The van der Waals surface area contributed by atoms with Crippen molar-refractivity contribution in [2.24, 2.45) is 0 Å². The molecule has 106 valence electrons. The average Bonchev–Trinajstić information content (AvgIpc) is 2.84. The number of nitrogens with zero attached hydrogens (tertiary/aromatic N) is 2. The van der Waals surface area contributed by atoms with Crippen LogP contribution in [-0.2, 0) is 0 Å². The normalized spacial score (nSPS) is 13.8. The number of halogens is 1. The average molecular weight is 325 g/mol. The molecule has 1 aliphatic rings. The molecular weight excluding hydrogens is 300 g/mol. The van der Waals surface area contributed by atoms with Crippen LogP contribution in [0.25, 0.3) is 0 Å². The van der Waals surface area contributed by atoms with E-state index in [0.29, 0.717) is 0 Å². The first-order valence-electron chi connectivity index (χ1n) is 7.05. The highest BCUT2D eigenvalue weighted by molar-refractivity contribution is 8.93. The minimum absolute atomic E-state index is 0. The molecule has 1 aromatic carbocycles. The molecule has 0 radical (unpaired) electrons. The molecule has 1 aliphatic heterocycles. The van der Waals surface area contributed by atoms with Gasteiger partial charge in [0.15, 0.2) is 0 Å². The van der Waals surface area contributed by atoms with Crippen LogP contribution in [0.5, 0.6) is 0 Å². The van der Waals surface area contributed by atoms with Crippen LogP contribution in [-0.4, -0.2) is 18.1 Å². The van der Waals surface area contributed by atoms with Gasteiger partial charge in [-0.15, -0.1) is 17.0 Å². The Bertz CT molecular complexity index is 386. The Kier molecular flexibility index (Phi) is 7.00. The highest BCUT2D eigenvalue weighted by Crippen LogP contribution is 2.20. The second kappa shape index (κ2) is 8.26. The second-order valence-corrected chi connectivity index (χ2v) is 5.12. The van der Waals surface area contributed by atoms with Gasteiger partial charge in [-0.3, -0.25) is 0 Å². The predicted octanol–water partition coefficient (Wildman–Crippen LogP) is 4.70. The fourth-order valence-electron chi connectivity index (χ4n) is 2.26. The molecule has 0 atom stereocenters. The van der Waals surface area contributed by atoms with E-state index in [4.69, 9.17) is 0 Å². The van der Waals surface area contributed by atoms with Crippen molar-refractivity contribution < 1.29 is 0 Å². The number of anilines is 1. The molecule has 0 spiro atoms. The lowest BCUT2D eigenvalue weighted by molar-refractivity contribution is 0.390. The van der Waals surface area contributed by atoms with E-state index in [0.717, 1.165) is 6.67 Å². The van der Waals surface area contributed by atoms with Gasteiger partial charge in [-0.25, -0.2) is 0 Å². The summed E-state index contributed by atoms with van der Waals surface area (Å²) in [4.78, 5) is 4.70. The van der Waals surface area contributed by atoms with E-state index in [-0.39, 0.29) is 17.0 Å². The maximum atomic E-state index is 2.40. The summed E-state index contributed by atoms with van der Waals surface area (Å²) in [6.07, 6.45) is 9.73. The van der Waals surface area contributed by atoms with E-state index in [9.17, 15) is 0 Å². The number of rotatable bonds is 6. The van der Waals surface area contributed by atoms with Crippen LogP contribution in [0.4, 0.5) is 5.69 Å². The molecule has 1 aromatic rings. The fraction of sp³-hybridized carbons (Fsp3) is 0.500. The zero-order chi connectivity index (χ0) is 12.8. The van der Waals surface area contributed by atoms with Crippen LogP contribution in [0.2, 0.25) is 0 Å². The Hall–Kier alpha value is -0.960. The summed E-state index contributed by atoms with van der Waals surface area (Å²) in [6.45, 7) is 6.56. The van der Waals surface area contributed by atoms with Crippen molar-refractivity contribution in [3.05, 3.63) is 42.2 Å². The van der Waals surface area contributed by atoms with E-state index < -0.39 is 0 Å². The first-order chi connectivity index (χ1) is 8.79. The van der Waals surface area contributed by atoms with Gasteiger partial charge < -0.3 is 9.80 Å².